The molecule has 6 N–H and O–H groups in total. The number of aromatic hydroxyl groups is 3. The van der Waals surface area contributed by atoms with Crippen molar-refractivity contribution in [1.82, 2.24) is 15.4 Å². The number of amides is 1. The highest BCUT2D eigenvalue weighted by Crippen LogP contribution is 2.57. The molecule has 3 aromatic carbocycles. The summed E-state index contributed by atoms with van der Waals surface area (Å²) in [5.41, 5.74) is -1.12. The fourth-order valence-electron chi connectivity index (χ4n) is 7.49. The molecule has 14 nitrogen and oxygen atoms in total. The standard InChI is InChI=1S/C36H24N4O10/c1-50-21-11-20(41)24-25(29(21)43)31(45)27-26(30(24)44)33(47)36(34(27)48)7-6-14-8-15-9-17(39-35(49)23(15)32(46)28(14)36)13-38-40-22(42)10-16-12-37-19-5-3-2-4-18(16)19/h2-5,8-9,11-13,37,44-46H,6-7,10H2,1H3,(H,39,49)(H,40,42)/b38-13+. The van der Waals surface area contributed by atoms with Crippen molar-refractivity contribution in [2.45, 2.75) is 24.7 Å². The number of benzene rings is 3. The second kappa shape index (κ2) is 10.6. The van der Waals surface area contributed by atoms with E-state index in [-0.39, 0.29) is 41.3 Å². The SMILES string of the molecule is COC1=CC(=O)c2c(O)c3c(c(O)c2C1=O)C(=O)C1(CCc2cc4cc(/C=N/NC(=O)Cc5c[nH]c6ccccc56)[nH]c(=O)c4c(O)c21)C3=O. The topological polar surface area (TPSA) is 228 Å². The zero-order valence-electron chi connectivity index (χ0n) is 26.0. The lowest BCUT2D eigenvalue weighted by Gasteiger charge is -2.22. The summed E-state index contributed by atoms with van der Waals surface area (Å²) >= 11 is 0. The molecule has 1 unspecified atom stereocenters. The number of methoxy groups -OCH3 is 1. The zero-order valence-corrected chi connectivity index (χ0v) is 26.0. The van der Waals surface area contributed by atoms with E-state index < -0.39 is 85.3 Å². The molecule has 0 saturated carbocycles. The Bertz CT molecular complexity index is 2590. The maximum absolute atomic E-state index is 14.2. The van der Waals surface area contributed by atoms with Crippen LogP contribution in [-0.4, -0.2) is 67.7 Å². The highest BCUT2D eigenvalue weighted by Gasteiger charge is 2.61. The Morgan fingerprint density at radius 2 is 1.70 bits per heavy atom. The molecule has 0 saturated heterocycles. The lowest BCUT2D eigenvalue weighted by atomic mass is 9.76. The van der Waals surface area contributed by atoms with Crippen molar-refractivity contribution in [3.05, 3.63) is 109 Å². The van der Waals surface area contributed by atoms with Gasteiger partial charge in [-0.2, -0.15) is 5.10 Å². The van der Waals surface area contributed by atoms with Gasteiger partial charge in [-0.1, -0.05) is 24.3 Å². The number of carbonyl (C=O) groups excluding carboxylic acids is 5. The number of hydrogen-bond acceptors (Lipinski definition) is 11. The molecule has 2 heterocycles. The number of phenolic OH excluding ortho intramolecular Hbond substituents is 3. The predicted octanol–water partition coefficient (Wildman–Crippen LogP) is 2.99. The van der Waals surface area contributed by atoms with Crippen molar-refractivity contribution >= 4 is 56.9 Å². The average molecular weight is 673 g/mol. The number of pyridine rings is 1. The van der Waals surface area contributed by atoms with Crippen LogP contribution in [0.4, 0.5) is 0 Å². The van der Waals surface area contributed by atoms with Crippen LogP contribution >= 0.6 is 0 Å². The minimum Gasteiger partial charge on any atom is -0.507 e. The Morgan fingerprint density at radius 1 is 0.980 bits per heavy atom. The van der Waals surface area contributed by atoms with Crippen molar-refractivity contribution in [3.63, 3.8) is 0 Å². The minimum absolute atomic E-state index is 0.0501. The summed E-state index contributed by atoms with van der Waals surface area (Å²) in [6, 6.07) is 10.6. The first-order valence-electron chi connectivity index (χ1n) is 15.3. The molecule has 50 heavy (non-hydrogen) atoms. The van der Waals surface area contributed by atoms with Crippen LogP contribution in [0.2, 0.25) is 0 Å². The van der Waals surface area contributed by atoms with Crippen LogP contribution in [0.3, 0.4) is 0 Å². The maximum atomic E-state index is 14.2. The van der Waals surface area contributed by atoms with E-state index in [1.54, 1.807) is 6.20 Å². The maximum Gasteiger partial charge on any atom is 0.260 e. The molecule has 0 radical (unpaired) electrons. The van der Waals surface area contributed by atoms with Crippen molar-refractivity contribution in [2.75, 3.05) is 7.11 Å². The van der Waals surface area contributed by atoms with Gasteiger partial charge in [-0.3, -0.25) is 28.8 Å². The Labute approximate surface area is 279 Å². The van der Waals surface area contributed by atoms with Crippen LogP contribution in [0.1, 0.15) is 70.2 Å². The Balaban J connectivity index is 1.14. The van der Waals surface area contributed by atoms with E-state index in [1.807, 2.05) is 24.3 Å². The number of para-hydroxylation sites is 1. The van der Waals surface area contributed by atoms with Crippen LogP contribution in [-0.2, 0) is 27.8 Å². The van der Waals surface area contributed by atoms with Crippen LogP contribution in [0.15, 0.2) is 64.3 Å². The number of aryl methyl sites for hydroxylation is 1. The van der Waals surface area contributed by atoms with E-state index in [2.05, 4.69) is 20.5 Å². The number of phenols is 3. The molecule has 1 amide bonds. The van der Waals surface area contributed by atoms with Gasteiger partial charge >= 0.3 is 0 Å². The first-order valence-corrected chi connectivity index (χ1v) is 15.3. The fourth-order valence-corrected chi connectivity index (χ4v) is 7.49. The number of H-pyrrole nitrogens is 2. The molecule has 3 aliphatic rings. The third kappa shape index (κ3) is 3.98. The van der Waals surface area contributed by atoms with Crippen molar-refractivity contribution < 1.29 is 44.0 Å². The normalized spacial score (nSPS) is 17.9. The van der Waals surface area contributed by atoms with Gasteiger partial charge in [-0.25, -0.2) is 5.43 Å². The van der Waals surface area contributed by atoms with Gasteiger partial charge in [-0.05, 0) is 41.5 Å². The third-order valence-corrected chi connectivity index (χ3v) is 9.68. The molecule has 1 spiro atoms. The highest BCUT2D eigenvalue weighted by molar-refractivity contribution is 6.39. The molecule has 14 heteroatoms. The number of nitrogens with zero attached hydrogens (tertiary/aromatic N) is 1. The molecular weight excluding hydrogens is 648 g/mol. The van der Waals surface area contributed by atoms with Gasteiger partial charge in [0.25, 0.3) is 5.56 Å². The van der Waals surface area contributed by atoms with E-state index in [4.69, 9.17) is 4.74 Å². The molecule has 8 rings (SSSR count). The van der Waals surface area contributed by atoms with Crippen LogP contribution in [0.25, 0.3) is 21.7 Å². The molecule has 0 aliphatic heterocycles. The van der Waals surface area contributed by atoms with E-state index >= 15 is 0 Å². The number of allylic oxidation sites excluding steroid dienone is 2. The van der Waals surface area contributed by atoms with Gasteiger partial charge in [-0.15, -0.1) is 0 Å². The molecule has 1 atom stereocenters. The number of fused-ring (bicyclic) bond motifs is 6. The molecule has 3 aliphatic carbocycles. The van der Waals surface area contributed by atoms with Gasteiger partial charge in [0, 0.05) is 28.7 Å². The van der Waals surface area contributed by atoms with Crippen LogP contribution in [0, 0.1) is 0 Å². The smallest absolute Gasteiger partial charge is 0.260 e. The first kappa shape index (κ1) is 30.5. The number of aromatic amines is 2. The number of hydrogen-bond donors (Lipinski definition) is 6. The van der Waals surface area contributed by atoms with Gasteiger partial charge < -0.3 is 30.0 Å². The number of aromatic nitrogens is 2. The number of nitrogens with one attached hydrogen (secondary N) is 3. The summed E-state index contributed by atoms with van der Waals surface area (Å²) < 4.78 is 4.93. The third-order valence-electron chi connectivity index (χ3n) is 9.68. The molecule has 0 bridgehead atoms. The average Bonchev–Trinajstić information content (AvgIpc) is 3.74. The summed E-state index contributed by atoms with van der Waals surface area (Å²) in [5, 5.41) is 38.8. The molecule has 0 fully saturated rings. The zero-order chi connectivity index (χ0) is 35.2. The summed E-state index contributed by atoms with van der Waals surface area (Å²) in [4.78, 5) is 85.8. The number of hydrazone groups is 1. The number of ketones is 4. The number of rotatable bonds is 5. The summed E-state index contributed by atoms with van der Waals surface area (Å²) in [5.74, 6) is -7.29. The summed E-state index contributed by atoms with van der Waals surface area (Å²) in [7, 11) is 1.13. The van der Waals surface area contributed by atoms with Crippen LogP contribution in [0.5, 0.6) is 17.2 Å². The Hall–Kier alpha value is -6.83. The largest absolute Gasteiger partial charge is 0.507 e. The molecule has 2 aromatic heterocycles. The second-order valence-electron chi connectivity index (χ2n) is 12.3. The Morgan fingerprint density at radius 3 is 2.44 bits per heavy atom. The summed E-state index contributed by atoms with van der Waals surface area (Å²) in [6.45, 7) is 0. The van der Waals surface area contributed by atoms with E-state index in [1.165, 1.54) is 18.3 Å². The quantitative estimate of drug-likeness (QED) is 0.0692. The lowest BCUT2D eigenvalue weighted by molar-refractivity contribution is -0.120. The first-order chi connectivity index (χ1) is 24.0. The number of carbonyl (C=O) groups is 5. The fraction of sp³-hybridized carbons (Fsp3) is 0.139. The van der Waals surface area contributed by atoms with E-state index in [9.17, 15) is 44.1 Å². The van der Waals surface area contributed by atoms with Crippen molar-refractivity contribution in [2.24, 2.45) is 5.10 Å². The van der Waals surface area contributed by atoms with Crippen molar-refractivity contribution in [3.8, 4) is 17.2 Å². The number of Topliss-reactive ketones (excluding diaryl/α,β-unsaturated/α-hetero) is 3. The van der Waals surface area contributed by atoms with E-state index in [0.29, 0.717) is 5.56 Å². The Kier molecular flexibility index (Phi) is 6.46. The monoisotopic (exact) mass is 672 g/mol. The minimum atomic E-state index is -2.15. The molecular formula is C36H24N4O10. The van der Waals surface area contributed by atoms with Crippen LogP contribution < -0.4 is 11.0 Å². The predicted molar refractivity (Wildman–Crippen MR) is 176 cm³/mol. The van der Waals surface area contributed by atoms with Gasteiger partial charge in [0.05, 0.1) is 53.1 Å². The second-order valence-corrected chi connectivity index (χ2v) is 12.3. The highest BCUT2D eigenvalue weighted by atomic mass is 16.5. The molecule has 248 valence electrons. The number of ether oxygens (including phenoxy) is 1. The summed E-state index contributed by atoms with van der Waals surface area (Å²) in [6.07, 6.45) is 3.71. The van der Waals surface area contributed by atoms with Gasteiger partial charge in [0.15, 0.2) is 23.1 Å². The van der Waals surface area contributed by atoms with E-state index in [0.717, 1.165) is 29.7 Å². The van der Waals surface area contributed by atoms with Gasteiger partial charge in [0.2, 0.25) is 11.7 Å². The lowest BCUT2D eigenvalue weighted by Crippen LogP contribution is -2.36. The molecule has 5 aromatic rings. The van der Waals surface area contributed by atoms with Crippen molar-refractivity contribution in [1.29, 1.82) is 0 Å². The van der Waals surface area contributed by atoms with Gasteiger partial charge in [0.1, 0.15) is 22.7 Å².